The Bertz CT molecular complexity index is 1030. The van der Waals surface area contributed by atoms with Crippen molar-refractivity contribution in [2.75, 3.05) is 6.61 Å². The Balaban J connectivity index is 1.87. The topological polar surface area (TPSA) is 42.1 Å². The molecule has 2 aromatic carbocycles. The third-order valence-electron chi connectivity index (χ3n) is 4.69. The Morgan fingerprint density at radius 3 is 2.31 bits per heavy atom. The molecule has 0 amide bonds. The lowest BCUT2D eigenvalue weighted by Crippen LogP contribution is -2.11. The van der Waals surface area contributed by atoms with Crippen molar-refractivity contribution < 1.29 is 4.74 Å². The predicted molar refractivity (Wildman–Crippen MR) is 121 cm³/mol. The second kappa shape index (κ2) is 9.15. The maximum atomic E-state index is 12.0. The first-order valence-corrected chi connectivity index (χ1v) is 10.1. The number of ether oxygens (including phenoxy) is 1. The molecule has 150 valence electrons. The predicted octanol–water partition coefficient (Wildman–Crippen LogP) is 6.23. The highest BCUT2D eigenvalue weighted by Crippen LogP contribution is 2.27. The van der Waals surface area contributed by atoms with Gasteiger partial charge in [0.05, 0.1) is 6.61 Å². The minimum atomic E-state index is -0.290. The SMILES string of the molecule is CC(C)(C)c1ccc(/C(=C\CCOc2ccccc2)c2ccc(Cl)c(=O)[nH]2)cc1. The summed E-state index contributed by atoms with van der Waals surface area (Å²) >= 11 is 5.91. The van der Waals surface area contributed by atoms with Crippen LogP contribution in [0.1, 0.15) is 44.0 Å². The van der Waals surface area contributed by atoms with Gasteiger partial charge >= 0.3 is 0 Å². The van der Waals surface area contributed by atoms with Gasteiger partial charge in [-0.3, -0.25) is 4.79 Å². The molecule has 1 aromatic heterocycles. The van der Waals surface area contributed by atoms with Crippen LogP contribution in [0.25, 0.3) is 5.57 Å². The molecule has 0 atom stereocenters. The fourth-order valence-electron chi connectivity index (χ4n) is 3.04. The lowest BCUT2D eigenvalue weighted by atomic mass is 9.86. The standard InChI is InChI=1S/C25H26ClNO2/c1-25(2,3)19-13-11-18(12-14-19)21(23-16-15-22(26)24(28)27-23)10-7-17-29-20-8-5-4-6-9-20/h4-6,8-16H,7,17H2,1-3H3,(H,27,28)/b21-10+. The zero-order valence-electron chi connectivity index (χ0n) is 17.0. The number of hydrogen-bond donors (Lipinski definition) is 1. The van der Waals surface area contributed by atoms with Crippen molar-refractivity contribution in [3.8, 4) is 5.75 Å². The lowest BCUT2D eigenvalue weighted by molar-refractivity contribution is 0.325. The van der Waals surface area contributed by atoms with E-state index in [0.29, 0.717) is 13.0 Å². The Morgan fingerprint density at radius 2 is 1.69 bits per heavy atom. The molecular weight excluding hydrogens is 382 g/mol. The van der Waals surface area contributed by atoms with Gasteiger partial charge in [0, 0.05) is 17.7 Å². The van der Waals surface area contributed by atoms with Crippen molar-refractivity contribution in [1.82, 2.24) is 4.98 Å². The highest BCUT2D eigenvalue weighted by molar-refractivity contribution is 6.30. The minimum absolute atomic E-state index is 0.0838. The van der Waals surface area contributed by atoms with E-state index >= 15 is 0 Å². The summed E-state index contributed by atoms with van der Waals surface area (Å²) in [6, 6.07) is 21.7. The van der Waals surface area contributed by atoms with Gasteiger partial charge in [-0.2, -0.15) is 0 Å². The number of H-pyrrole nitrogens is 1. The lowest BCUT2D eigenvalue weighted by Gasteiger charge is -2.19. The van der Waals surface area contributed by atoms with Crippen molar-refractivity contribution in [2.24, 2.45) is 0 Å². The zero-order valence-corrected chi connectivity index (χ0v) is 17.8. The number of aromatic amines is 1. The number of pyridine rings is 1. The Kier molecular flexibility index (Phi) is 6.60. The largest absolute Gasteiger partial charge is 0.493 e. The summed E-state index contributed by atoms with van der Waals surface area (Å²) in [7, 11) is 0. The summed E-state index contributed by atoms with van der Waals surface area (Å²) in [4.78, 5) is 14.9. The Labute approximate surface area is 177 Å². The number of para-hydroxylation sites is 1. The van der Waals surface area contributed by atoms with Gasteiger partial charge in [0.1, 0.15) is 10.8 Å². The fraction of sp³-hybridized carbons (Fsp3) is 0.240. The number of aromatic nitrogens is 1. The molecule has 1 N–H and O–H groups in total. The average Bonchev–Trinajstić information content (AvgIpc) is 2.71. The van der Waals surface area contributed by atoms with E-state index in [-0.39, 0.29) is 16.0 Å². The number of halogens is 1. The molecule has 0 spiro atoms. The number of hydrogen-bond acceptors (Lipinski definition) is 2. The van der Waals surface area contributed by atoms with Crippen LogP contribution in [-0.2, 0) is 5.41 Å². The second-order valence-electron chi connectivity index (χ2n) is 7.94. The molecule has 0 aliphatic rings. The van der Waals surface area contributed by atoms with Gasteiger partial charge in [-0.05, 0) is 40.8 Å². The van der Waals surface area contributed by atoms with Crippen LogP contribution in [0.2, 0.25) is 5.02 Å². The van der Waals surface area contributed by atoms with Crippen molar-refractivity contribution in [3.63, 3.8) is 0 Å². The molecule has 29 heavy (non-hydrogen) atoms. The van der Waals surface area contributed by atoms with Crippen molar-refractivity contribution in [3.05, 3.63) is 105 Å². The fourth-order valence-corrected chi connectivity index (χ4v) is 3.15. The van der Waals surface area contributed by atoms with Gasteiger partial charge in [0.25, 0.3) is 5.56 Å². The first-order valence-electron chi connectivity index (χ1n) is 9.73. The summed E-state index contributed by atoms with van der Waals surface area (Å²) in [5.74, 6) is 0.844. The van der Waals surface area contributed by atoms with Crippen LogP contribution in [0.5, 0.6) is 5.75 Å². The molecule has 0 bridgehead atoms. The van der Waals surface area contributed by atoms with Crippen LogP contribution >= 0.6 is 11.6 Å². The average molecular weight is 408 g/mol. The van der Waals surface area contributed by atoms with E-state index in [1.165, 1.54) is 5.56 Å². The minimum Gasteiger partial charge on any atom is -0.493 e. The van der Waals surface area contributed by atoms with E-state index in [1.54, 1.807) is 6.07 Å². The van der Waals surface area contributed by atoms with Crippen LogP contribution in [0.15, 0.2) is 77.6 Å². The first kappa shape index (κ1) is 20.9. The molecule has 0 aliphatic carbocycles. The summed E-state index contributed by atoms with van der Waals surface area (Å²) in [5.41, 5.74) is 3.79. The van der Waals surface area contributed by atoms with Crippen LogP contribution in [0.4, 0.5) is 0 Å². The van der Waals surface area contributed by atoms with Gasteiger partial charge in [0.15, 0.2) is 0 Å². The quantitative estimate of drug-likeness (QED) is 0.492. The van der Waals surface area contributed by atoms with Gasteiger partial charge < -0.3 is 9.72 Å². The highest BCUT2D eigenvalue weighted by Gasteiger charge is 2.14. The van der Waals surface area contributed by atoms with Gasteiger partial charge in [-0.1, -0.05) is 80.9 Å². The van der Waals surface area contributed by atoms with Gasteiger partial charge in [-0.15, -0.1) is 0 Å². The molecule has 0 unspecified atom stereocenters. The summed E-state index contributed by atoms with van der Waals surface area (Å²) in [6.45, 7) is 7.12. The van der Waals surface area contributed by atoms with E-state index in [2.05, 4.69) is 56.1 Å². The van der Waals surface area contributed by atoms with Crippen molar-refractivity contribution in [1.29, 1.82) is 0 Å². The Hall–Kier alpha value is -2.78. The monoisotopic (exact) mass is 407 g/mol. The molecule has 0 saturated heterocycles. The van der Waals surface area contributed by atoms with E-state index in [0.717, 1.165) is 22.6 Å². The third-order valence-corrected chi connectivity index (χ3v) is 4.99. The highest BCUT2D eigenvalue weighted by atomic mass is 35.5. The number of benzene rings is 2. The summed E-state index contributed by atoms with van der Waals surface area (Å²) < 4.78 is 5.80. The molecule has 0 fully saturated rings. The maximum Gasteiger partial charge on any atom is 0.267 e. The molecular formula is C25H26ClNO2. The van der Waals surface area contributed by atoms with E-state index in [1.807, 2.05) is 36.4 Å². The summed E-state index contributed by atoms with van der Waals surface area (Å²) in [5, 5.41) is 0.184. The van der Waals surface area contributed by atoms with Crippen LogP contribution in [-0.4, -0.2) is 11.6 Å². The van der Waals surface area contributed by atoms with Crippen molar-refractivity contribution in [2.45, 2.75) is 32.6 Å². The third kappa shape index (κ3) is 5.61. The molecule has 3 rings (SSSR count). The van der Waals surface area contributed by atoms with E-state index < -0.39 is 0 Å². The number of nitrogens with one attached hydrogen (secondary N) is 1. The smallest absolute Gasteiger partial charge is 0.267 e. The molecule has 4 heteroatoms. The second-order valence-corrected chi connectivity index (χ2v) is 8.35. The molecule has 0 radical (unpaired) electrons. The normalized spacial score (nSPS) is 12.1. The van der Waals surface area contributed by atoms with Crippen LogP contribution < -0.4 is 10.3 Å². The molecule has 0 saturated carbocycles. The van der Waals surface area contributed by atoms with E-state index in [4.69, 9.17) is 16.3 Å². The van der Waals surface area contributed by atoms with Crippen LogP contribution in [0.3, 0.4) is 0 Å². The van der Waals surface area contributed by atoms with Crippen LogP contribution in [0, 0.1) is 0 Å². The molecule has 3 aromatic rings. The summed E-state index contributed by atoms with van der Waals surface area (Å²) in [6.07, 6.45) is 2.80. The molecule has 3 nitrogen and oxygen atoms in total. The zero-order chi connectivity index (χ0) is 20.9. The Morgan fingerprint density at radius 1 is 1.00 bits per heavy atom. The number of rotatable bonds is 6. The first-order chi connectivity index (χ1) is 13.8. The molecule has 1 heterocycles. The van der Waals surface area contributed by atoms with Gasteiger partial charge in [-0.25, -0.2) is 0 Å². The maximum absolute atomic E-state index is 12.0. The van der Waals surface area contributed by atoms with E-state index in [9.17, 15) is 4.79 Å². The molecule has 0 aliphatic heterocycles. The van der Waals surface area contributed by atoms with Gasteiger partial charge in [0.2, 0.25) is 0 Å². The van der Waals surface area contributed by atoms with Crippen molar-refractivity contribution >= 4 is 17.2 Å².